The SMILES string of the molecule is C=CC[SiH](OC(C)(C)OOC)OC(C)(C)OOC. The third-order valence-corrected chi connectivity index (χ3v) is 4.14. The van der Waals surface area contributed by atoms with Gasteiger partial charge in [-0.1, -0.05) is 6.08 Å². The van der Waals surface area contributed by atoms with Gasteiger partial charge in [0.15, 0.2) is 11.6 Å². The van der Waals surface area contributed by atoms with E-state index in [1.165, 1.54) is 14.2 Å². The van der Waals surface area contributed by atoms with E-state index in [4.69, 9.17) is 18.6 Å². The normalized spacial score (nSPS) is 13.1. The lowest BCUT2D eigenvalue weighted by Gasteiger charge is -2.32. The second kappa shape index (κ2) is 8.00. The van der Waals surface area contributed by atoms with Crippen LogP contribution in [-0.2, 0) is 28.4 Å². The van der Waals surface area contributed by atoms with Crippen molar-refractivity contribution < 1.29 is 28.4 Å². The highest BCUT2D eigenvalue weighted by Gasteiger charge is 2.32. The van der Waals surface area contributed by atoms with Crippen molar-refractivity contribution in [2.24, 2.45) is 0 Å². The molecule has 0 aromatic carbocycles. The monoisotopic (exact) mass is 280 g/mol. The summed E-state index contributed by atoms with van der Waals surface area (Å²) < 4.78 is 11.5. The standard InChI is InChI=1S/C11H24O6Si/c1-8-9-18(16-10(2,3)14-12-6)17-11(4,5)15-13-7/h8,18H,1,9H2,2-7H3. The maximum atomic E-state index is 5.76. The van der Waals surface area contributed by atoms with Crippen molar-refractivity contribution in [2.45, 2.75) is 45.3 Å². The summed E-state index contributed by atoms with van der Waals surface area (Å²) in [5.74, 6) is -1.78. The topological polar surface area (TPSA) is 55.4 Å². The first-order valence-corrected chi connectivity index (χ1v) is 7.42. The molecule has 0 amide bonds. The van der Waals surface area contributed by atoms with Crippen LogP contribution in [0.4, 0.5) is 0 Å². The fourth-order valence-electron chi connectivity index (χ4n) is 1.33. The van der Waals surface area contributed by atoms with Crippen molar-refractivity contribution in [2.75, 3.05) is 14.2 Å². The molecule has 0 N–H and O–H groups in total. The smallest absolute Gasteiger partial charge is 0.329 e. The fraction of sp³-hybridized carbons (Fsp3) is 0.818. The van der Waals surface area contributed by atoms with Crippen molar-refractivity contribution in [3.8, 4) is 0 Å². The average Bonchev–Trinajstić information content (AvgIpc) is 2.15. The third kappa shape index (κ3) is 7.93. The van der Waals surface area contributed by atoms with Gasteiger partial charge in [0.05, 0.1) is 14.2 Å². The van der Waals surface area contributed by atoms with Crippen LogP contribution in [0.1, 0.15) is 27.7 Å². The molecule has 7 heteroatoms. The van der Waals surface area contributed by atoms with E-state index < -0.39 is 20.9 Å². The molecule has 0 saturated heterocycles. The number of allylic oxidation sites excluding steroid dienone is 1. The van der Waals surface area contributed by atoms with E-state index in [1.807, 2.05) is 0 Å². The summed E-state index contributed by atoms with van der Waals surface area (Å²) in [6.07, 6.45) is 1.74. The predicted molar refractivity (Wildman–Crippen MR) is 68.7 cm³/mol. The Labute approximate surface area is 110 Å². The van der Waals surface area contributed by atoms with Gasteiger partial charge < -0.3 is 8.85 Å². The Morgan fingerprint density at radius 2 is 1.33 bits per heavy atom. The van der Waals surface area contributed by atoms with Gasteiger partial charge in [0.25, 0.3) is 0 Å². The predicted octanol–water partition coefficient (Wildman–Crippen LogP) is 2.05. The first-order chi connectivity index (χ1) is 8.26. The summed E-state index contributed by atoms with van der Waals surface area (Å²) in [5.41, 5.74) is 0. The molecule has 0 aliphatic rings. The number of hydrogen-bond donors (Lipinski definition) is 0. The van der Waals surface area contributed by atoms with Crippen LogP contribution in [0.3, 0.4) is 0 Å². The first-order valence-electron chi connectivity index (χ1n) is 5.66. The Balaban J connectivity index is 4.51. The molecule has 0 aromatic heterocycles. The summed E-state index contributed by atoms with van der Waals surface area (Å²) >= 11 is 0. The molecule has 0 aliphatic carbocycles. The Morgan fingerprint density at radius 1 is 0.944 bits per heavy atom. The van der Waals surface area contributed by atoms with Gasteiger partial charge in [0.2, 0.25) is 0 Å². The van der Waals surface area contributed by atoms with Crippen LogP contribution in [-0.4, -0.2) is 35.1 Å². The minimum Gasteiger partial charge on any atom is -0.365 e. The minimum atomic E-state index is -2.08. The Morgan fingerprint density at radius 3 is 1.61 bits per heavy atom. The molecule has 0 heterocycles. The maximum absolute atomic E-state index is 5.76. The third-order valence-electron chi connectivity index (χ3n) is 1.76. The van der Waals surface area contributed by atoms with Crippen LogP contribution >= 0.6 is 0 Å². The van der Waals surface area contributed by atoms with E-state index >= 15 is 0 Å². The van der Waals surface area contributed by atoms with Crippen molar-refractivity contribution in [3.05, 3.63) is 12.7 Å². The molecule has 18 heavy (non-hydrogen) atoms. The molecule has 0 saturated carbocycles. The zero-order chi connectivity index (χ0) is 14.2. The van der Waals surface area contributed by atoms with E-state index in [0.717, 1.165) is 0 Å². The van der Waals surface area contributed by atoms with Crippen molar-refractivity contribution in [3.63, 3.8) is 0 Å². The fourth-order valence-corrected chi connectivity index (χ4v) is 3.19. The molecule has 0 unspecified atom stereocenters. The molecule has 0 rings (SSSR count). The number of hydrogen-bond acceptors (Lipinski definition) is 6. The lowest BCUT2D eigenvalue weighted by atomic mass is 10.4. The lowest BCUT2D eigenvalue weighted by molar-refractivity contribution is -0.403. The molecule has 108 valence electrons. The zero-order valence-corrected chi connectivity index (χ0v) is 13.2. The van der Waals surface area contributed by atoms with E-state index in [-0.39, 0.29) is 0 Å². The van der Waals surface area contributed by atoms with E-state index in [1.54, 1.807) is 33.8 Å². The Bertz CT molecular complexity index is 224. The summed E-state index contributed by atoms with van der Waals surface area (Å²) in [7, 11) is 0.774. The first kappa shape index (κ1) is 17.7. The van der Waals surface area contributed by atoms with E-state index in [0.29, 0.717) is 6.04 Å². The van der Waals surface area contributed by atoms with Crippen molar-refractivity contribution >= 4 is 9.28 Å². The van der Waals surface area contributed by atoms with Crippen LogP contribution in [0.25, 0.3) is 0 Å². The van der Waals surface area contributed by atoms with Crippen molar-refractivity contribution in [1.82, 2.24) is 0 Å². The highest BCUT2D eigenvalue weighted by molar-refractivity contribution is 6.45. The summed E-state index contributed by atoms with van der Waals surface area (Å²) in [5, 5.41) is 0. The van der Waals surface area contributed by atoms with Gasteiger partial charge >= 0.3 is 9.28 Å². The zero-order valence-electron chi connectivity index (χ0n) is 12.0. The summed E-state index contributed by atoms with van der Waals surface area (Å²) in [6, 6.07) is 0.604. The molecule has 0 atom stereocenters. The van der Waals surface area contributed by atoms with Gasteiger partial charge in [-0.3, -0.25) is 0 Å². The second-order valence-corrected chi connectivity index (χ2v) is 6.29. The molecule has 0 fully saturated rings. The van der Waals surface area contributed by atoms with E-state index in [2.05, 4.69) is 16.4 Å². The molecular weight excluding hydrogens is 256 g/mol. The van der Waals surface area contributed by atoms with Gasteiger partial charge in [0.1, 0.15) is 0 Å². The maximum Gasteiger partial charge on any atom is 0.329 e. The summed E-state index contributed by atoms with van der Waals surface area (Å²) in [6.45, 7) is 10.7. The molecule has 0 aromatic rings. The van der Waals surface area contributed by atoms with Crippen LogP contribution in [0.15, 0.2) is 12.7 Å². The van der Waals surface area contributed by atoms with Gasteiger partial charge in [-0.05, 0) is 27.7 Å². The largest absolute Gasteiger partial charge is 0.365 e. The van der Waals surface area contributed by atoms with Crippen LogP contribution in [0.2, 0.25) is 6.04 Å². The van der Waals surface area contributed by atoms with Gasteiger partial charge in [-0.25, -0.2) is 19.6 Å². The average molecular weight is 280 g/mol. The molecule has 0 bridgehead atoms. The lowest BCUT2D eigenvalue weighted by Crippen LogP contribution is -2.43. The van der Waals surface area contributed by atoms with Gasteiger partial charge in [-0.15, -0.1) is 6.58 Å². The molecule has 0 spiro atoms. The van der Waals surface area contributed by atoms with Crippen LogP contribution in [0, 0.1) is 0 Å². The van der Waals surface area contributed by atoms with Crippen molar-refractivity contribution in [1.29, 1.82) is 0 Å². The van der Waals surface area contributed by atoms with Gasteiger partial charge in [-0.2, -0.15) is 0 Å². The van der Waals surface area contributed by atoms with Crippen LogP contribution < -0.4 is 0 Å². The van der Waals surface area contributed by atoms with Crippen LogP contribution in [0.5, 0.6) is 0 Å². The highest BCUT2D eigenvalue weighted by atomic mass is 28.3. The van der Waals surface area contributed by atoms with Gasteiger partial charge in [0, 0.05) is 6.04 Å². The quantitative estimate of drug-likeness (QED) is 0.201. The second-order valence-electron chi connectivity index (χ2n) is 4.49. The molecular formula is C11H24O6Si. The van der Waals surface area contributed by atoms with E-state index in [9.17, 15) is 0 Å². The molecule has 6 nitrogen and oxygen atoms in total. The Kier molecular flexibility index (Phi) is 7.88. The number of rotatable bonds is 10. The highest BCUT2D eigenvalue weighted by Crippen LogP contribution is 2.20. The minimum absolute atomic E-state index is 0.604. The molecule has 0 radical (unpaired) electrons. The summed E-state index contributed by atoms with van der Waals surface area (Å²) in [4.78, 5) is 19.3. The molecule has 0 aliphatic heterocycles. The Hall–Kier alpha value is -0.283.